The molecule has 1 heterocycles. The molecule has 17 heavy (non-hydrogen) atoms. The van der Waals surface area contributed by atoms with Crippen LogP contribution in [0.2, 0.25) is 5.02 Å². The second-order valence-electron chi connectivity index (χ2n) is 2.73. The third-order valence-electron chi connectivity index (χ3n) is 1.53. The van der Waals surface area contributed by atoms with Gasteiger partial charge in [-0.05, 0) is 0 Å². The molecule has 0 saturated carbocycles. The van der Waals surface area contributed by atoms with Crippen LogP contribution in [-0.2, 0) is 17.2 Å². The highest BCUT2D eigenvalue weighted by Gasteiger charge is 2.49. The lowest BCUT2D eigenvalue weighted by atomic mass is 10.5. The first-order valence-corrected chi connectivity index (χ1v) is 5.57. The van der Waals surface area contributed by atoms with Crippen molar-refractivity contribution in [1.82, 2.24) is 9.78 Å². The summed E-state index contributed by atoms with van der Waals surface area (Å²) in [6.45, 7) is 0. The molecule has 0 spiro atoms. The van der Waals surface area contributed by atoms with Crippen LogP contribution >= 0.6 is 11.6 Å². The molecular formula is C6H4ClF3N2O4S. The fourth-order valence-corrected chi connectivity index (χ4v) is 1.41. The fourth-order valence-electron chi connectivity index (χ4n) is 0.730. The number of rotatable bonds is 2. The standard InChI is InChI=1S/C6H4ClF3N2O4S/c1-12-5(13)4(3(7)2-11-12)16-17(14,15)6(8,9)10/h2H,1H3. The van der Waals surface area contributed by atoms with E-state index in [1.807, 2.05) is 0 Å². The topological polar surface area (TPSA) is 78.3 Å². The van der Waals surface area contributed by atoms with Crippen LogP contribution in [0.3, 0.4) is 0 Å². The number of aromatic nitrogens is 2. The highest BCUT2D eigenvalue weighted by molar-refractivity contribution is 7.88. The molecule has 0 aromatic carbocycles. The largest absolute Gasteiger partial charge is 0.534 e. The van der Waals surface area contributed by atoms with Crippen LogP contribution in [0.4, 0.5) is 13.2 Å². The maximum Gasteiger partial charge on any atom is 0.534 e. The van der Waals surface area contributed by atoms with Gasteiger partial charge in [0.15, 0.2) is 0 Å². The zero-order valence-corrected chi connectivity index (χ0v) is 9.60. The average molecular weight is 293 g/mol. The number of nitrogens with zero attached hydrogens (tertiary/aromatic N) is 2. The molecule has 0 aliphatic rings. The first-order chi connectivity index (χ1) is 7.56. The normalized spacial score (nSPS) is 12.5. The van der Waals surface area contributed by atoms with Crippen LogP contribution in [-0.4, -0.2) is 23.7 Å². The predicted molar refractivity (Wildman–Crippen MR) is 50.1 cm³/mol. The van der Waals surface area contributed by atoms with Crippen molar-refractivity contribution < 1.29 is 25.8 Å². The first kappa shape index (κ1) is 13.8. The Morgan fingerprint density at radius 3 is 2.47 bits per heavy atom. The number of halogens is 4. The Hall–Kier alpha value is -1.29. The molecule has 11 heteroatoms. The number of hydrogen-bond donors (Lipinski definition) is 0. The summed E-state index contributed by atoms with van der Waals surface area (Å²) in [5.74, 6) is -1.15. The molecule has 0 unspecified atom stereocenters. The second-order valence-corrected chi connectivity index (χ2v) is 4.68. The molecule has 0 aliphatic heterocycles. The molecule has 0 atom stereocenters. The Labute approximate surface area is 97.7 Å². The molecule has 0 bridgehead atoms. The molecule has 1 aromatic rings. The molecule has 0 radical (unpaired) electrons. The minimum Gasteiger partial charge on any atom is -0.368 e. The number of alkyl halides is 3. The van der Waals surface area contributed by atoms with E-state index in [4.69, 9.17) is 11.6 Å². The van der Waals surface area contributed by atoms with E-state index in [1.165, 1.54) is 0 Å². The van der Waals surface area contributed by atoms with E-state index in [1.54, 1.807) is 0 Å². The Balaban J connectivity index is 3.32. The lowest BCUT2D eigenvalue weighted by Crippen LogP contribution is -2.31. The van der Waals surface area contributed by atoms with Crippen LogP contribution in [0.1, 0.15) is 0 Å². The molecule has 0 amide bonds. The third kappa shape index (κ3) is 2.69. The van der Waals surface area contributed by atoms with Gasteiger partial charge in [-0.15, -0.1) is 0 Å². The van der Waals surface area contributed by atoms with Crippen molar-refractivity contribution in [2.45, 2.75) is 5.51 Å². The van der Waals surface area contributed by atoms with Crippen molar-refractivity contribution in [2.75, 3.05) is 0 Å². The summed E-state index contributed by atoms with van der Waals surface area (Å²) in [6, 6.07) is 0. The van der Waals surface area contributed by atoms with Crippen molar-refractivity contribution in [3.05, 3.63) is 21.6 Å². The van der Waals surface area contributed by atoms with Crippen LogP contribution in [0.25, 0.3) is 0 Å². The van der Waals surface area contributed by atoms with Crippen LogP contribution in [0.5, 0.6) is 5.75 Å². The van der Waals surface area contributed by atoms with E-state index in [2.05, 4.69) is 9.28 Å². The second kappa shape index (κ2) is 4.18. The van der Waals surface area contributed by atoms with Gasteiger partial charge in [0.1, 0.15) is 5.02 Å². The Kier molecular flexibility index (Phi) is 3.39. The summed E-state index contributed by atoms with van der Waals surface area (Å²) in [5, 5.41) is 2.71. The van der Waals surface area contributed by atoms with Crippen LogP contribution in [0.15, 0.2) is 11.0 Å². The Morgan fingerprint density at radius 2 is 2.00 bits per heavy atom. The molecule has 96 valence electrons. The van der Waals surface area contributed by atoms with Crippen molar-refractivity contribution in [3.8, 4) is 5.75 Å². The van der Waals surface area contributed by atoms with Gasteiger partial charge in [-0.1, -0.05) is 11.6 Å². The molecule has 6 nitrogen and oxygen atoms in total. The summed E-state index contributed by atoms with van der Waals surface area (Å²) in [5.41, 5.74) is -6.85. The van der Waals surface area contributed by atoms with E-state index >= 15 is 0 Å². The van der Waals surface area contributed by atoms with Crippen molar-refractivity contribution in [3.63, 3.8) is 0 Å². The van der Waals surface area contributed by atoms with Crippen molar-refractivity contribution in [2.24, 2.45) is 7.05 Å². The molecule has 0 saturated heterocycles. The highest BCUT2D eigenvalue weighted by atomic mass is 35.5. The van der Waals surface area contributed by atoms with Gasteiger partial charge in [0.25, 0.3) is 0 Å². The zero-order chi connectivity index (χ0) is 13.4. The molecule has 0 N–H and O–H groups in total. The van der Waals surface area contributed by atoms with E-state index in [0.717, 1.165) is 13.2 Å². The Morgan fingerprint density at radius 1 is 1.47 bits per heavy atom. The molecule has 0 fully saturated rings. The van der Waals surface area contributed by atoms with Crippen molar-refractivity contribution >= 4 is 21.7 Å². The maximum atomic E-state index is 12.0. The molecule has 0 aliphatic carbocycles. The quantitative estimate of drug-likeness (QED) is 0.591. The summed E-state index contributed by atoms with van der Waals surface area (Å²) in [6.07, 6.45) is 0.782. The fraction of sp³-hybridized carbons (Fsp3) is 0.333. The van der Waals surface area contributed by atoms with E-state index in [9.17, 15) is 26.4 Å². The lowest BCUT2D eigenvalue weighted by molar-refractivity contribution is -0.0500. The minimum absolute atomic E-state index is 0.576. The summed E-state index contributed by atoms with van der Waals surface area (Å²) < 4.78 is 61.6. The van der Waals surface area contributed by atoms with Gasteiger partial charge in [-0.2, -0.15) is 26.7 Å². The number of hydrogen-bond acceptors (Lipinski definition) is 5. The summed E-state index contributed by atoms with van der Waals surface area (Å²) >= 11 is 5.33. The monoisotopic (exact) mass is 292 g/mol. The maximum absolute atomic E-state index is 12.0. The van der Waals surface area contributed by atoms with Gasteiger partial charge < -0.3 is 4.18 Å². The van der Waals surface area contributed by atoms with Gasteiger partial charge in [0.05, 0.1) is 6.20 Å². The van der Waals surface area contributed by atoms with Gasteiger partial charge in [0.2, 0.25) is 5.75 Å². The molecule has 1 rings (SSSR count). The summed E-state index contributed by atoms with van der Waals surface area (Å²) in [4.78, 5) is 11.3. The van der Waals surface area contributed by atoms with Crippen LogP contribution < -0.4 is 9.74 Å². The number of aryl methyl sites for hydroxylation is 1. The highest BCUT2D eigenvalue weighted by Crippen LogP contribution is 2.28. The van der Waals surface area contributed by atoms with E-state index in [0.29, 0.717) is 4.68 Å². The Bertz CT molecular complexity index is 594. The van der Waals surface area contributed by atoms with Gasteiger partial charge >= 0.3 is 21.2 Å². The smallest absolute Gasteiger partial charge is 0.368 e. The van der Waals surface area contributed by atoms with E-state index in [-0.39, 0.29) is 0 Å². The summed E-state index contributed by atoms with van der Waals surface area (Å²) in [7, 11) is -4.85. The third-order valence-corrected chi connectivity index (χ3v) is 2.75. The van der Waals surface area contributed by atoms with Crippen LogP contribution in [0, 0.1) is 0 Å². The lowest BCUT2D eigenvalue weighted by Gasteiger charge is -2.10. The van der Waals surface area contributed by atoms with Gasteiger partial charge in [-0.3, -0.25) is 4.79 Å². The predicted octanol–water partition coefficient (Wildman–Crippen LogP) is 0.662. The first-order valence-electron chi connectivity index (χ1n) is 3.79. The van der Waals surface area contributed by atoms with Crippen molar-refractivity contribution in [1.29, 1.82) is 0 Å². The van der Waals surface area contributed by atoms with E-state index < -0.39 is 32.0 Å². The van der Waals surface area contributed by atoms with Gasteiger partial charge in [0, 0.05) is 7.05 Å². The SMILES string of the molecule is Cn1ncc(Cl)c(OS(=O)(=O)C(F)(F)F)c1=O. The average Bonchev–Trinajstić information content (AvgIpc) is 2.17. The minimum atomic E-state index is -5.94. The zero-order valence-electron chi connectivity index (χ0n) is 8.02. The van der Waals surface area contributed by atoms with Gasteiger partial charge in [-0.25, -0.2) is 4.68 Å². The molecule has 1 aromatic heterocycles. The molecular weight excluding hydrogens is 289 g/mol.